The van der Waals surface area contributed by atoms with Crippen LogP contribution in [-0.4, -0.2) is 16.5 Å². The second-order valence-electron chi connectivity index (χ2n) is 4.17. The van der Waals surface area contributed by atoms with Crippen LogP contribution in [0.5, 0.6) is 0 Å². The zero-order valence-electron chi connectivity index (χ0n) is 9.52. The Labute approximate surface area is 105 Å². The van der Waals surface area contributed by atoms with Gasteiger partial charge in [0.1, 0.15) is 11.3 Å². The molecule has 0 aliphatic carbocycles. The van der Waals surface area contributed by atoms with Gasteiger partial charge in [-0.05, 0) is 30.5 Å². The number of fused-ring (bicyclic) bond motifs is 1. The summed E-state index contributed by atoms with van der Waals surface area (Å²) in [5.74, 6) is 0.797. The fraction of sp³-hybridized carbons (Fsp3) is 0.231. The lowest BCUT2D eigenvalue weighted by Crippen LogP contribution is -2.15. The quantitative estimate of drug-likeness (QED) is 0.773. The SMILES string of the molecule is Cc1cccc2c1CCN2c1ncncc1Cl. The normalized spacial score (nSPS) is 13.9. The van der Waals surface area contributed by atoms with Crippen LogP contribution in [0, 0.1) is 6.92 Å². The Hall–Kier alpha value is -1.61. The molecule has 0 N–H and O–H groups in total. The van der Waals surface area contributed by atoms with Crippen molar-refractivity contribution in [3.8, 4) is 0 Å². The number of nitrogens with zero attached hydrogens (tertiary/aromatic N) is 3. The van der Waals surface area contributed by atoms with Gasteiger partial charge in [-0.2, -0.15) is 0 Å². The number of aryl methyl sites for hydroxylation is 1. The highest BCUT2D eigenvalue weighted by Crippen LogP contribution is 2.37. The van der Waals surface area contributed by atoms with Gasteiger partial charge in [-0.25, -0.2) is 9.97 Å². The third-order valence-electron chi connectivity index (χ3n) is 3.17. The molecular formula is C13H12ClN3. The number of hydrogen-bond donors (Lipinski definition) is 0. The van der Waals surface area contributed by atoms with Crippen LogP contribution >= 0.6 is 11.6 Å². The molecule has 0 saturated carbocycles. The Morgan fingerprint density at radius 1 is 1.35 bits per heavy atom. The summed E-state index contributed by atoms with van der Waals surface area (Å²) in [4.78, 5) is 10.4. The van der Waals surface area contributed by atoms with Crippen LogP contribution in [0.15, 0.2) is 30.7 Å². The van der Waals surface area contributed by atoms with Gasteiger partial charge in [0.05, 0.1) is 6.20 Å². The summed E-state index contributed by atoms with van der Waals surface area (Å²) < 4.78 is 0. The lowest BCUT2D eigenvalue weighted by molar-refractivity contribution is 0.962. The van der Waals surface area contributed by atoms with Crippen LogP contribution in [0.4, 0.5) is 11.5 Å². The van der Waals surface area contributed by atoms with Crippen LogP contribution in [-0.2, 0) is 6.42 Å². The van der Waals surface area contributed by atoms with Gasteiger partial charge in [-0.3, -0.25) is 0 Å². The molecule has 3 nitrogen and oxygen atoms in total. The molecule has 0 amide bonds. The first kappa shape index (κ1) is 10.5. The summed E-state index contributed by atoms with van der Waals surface area (Å²) in [6.07, 6.45) is 4.22. The summed E-state index contributed by atoms with van der Waals surface area (Å²) in [6.45, 7) is 3.07. The van der Waals surface area contributed by atoms with Gasteiger partial charge in [-0.1, -0.05) is 23.7 Å². The van der Waals surface area contributed by atoms with E-state index in [2.05, 4.69) is 40.0 Å². The van der Waals surface area contributed by atoms with Gasteiger partial charge in [0.25, 0.3) is 0 Å². The van der Waals surface area contributed by atoms with Crippen molar-refractivity contribution in [2.24, 2.45) is 0 Å². The molecule has 0 fully saturated rings. The van der Waals surface area contributed by atoms with Crippen molar-refractivity contribution in [1.82, 2.24) is 9.97 Å². The number of halogens is 1. The van der Waals surface area contributed by atoms with Crippen molar-refractivity contribution >= 4 is 23.1 Å². The van der Waals surface area contributed by atoms with Gasteiger partial charge >= 0.3 is 0 Å². The predicted molar refractivity (Wildman–Crippen MR) is 68.9 cm³/mol. The van der Waals surface area contributed by atoms with Gasteiger partial charge in [0.2, 0.25) is 0 Å². The molecule has 0 unspecified atom stereocenters. The maximum atomic E-state index is 6.14. The smallest absolute Gasteiger partial charge is 0.155 e. The fourth-order valence-corrected chi connectivity index (χ4v) is 2.54. The van der Waals surface area contributed by atoms with Crippen molar-refractivity contribution in [1.29, 1.82) is 0 Å². The van der Waals surface area contributed by atoms with E-state index in [1.165, 1.54) is 23.1 Å². The highest BCUT2D eigenvalue weighted by atomic mass is 35.5. The molecule has 1 aromatic carbocycles. The largest absolute Gasteiger partial charge is 0.324 e. The highest BCUT2D eigenvalue weighted by molar-refractivity contribution is 6.33. The molecule has 0 radical (unpaired) electrons. The average molecular weight is 246 g/mol. The van der Waals surface area contributed by atoms with Crippen LogP contribution < -0.4 is 4.90 Å². The van der Waals surface area contributed by atoms with E-state index in [1.807, 2.05) is 0 Å². The Morgan fingerprint density at radius 3 is 3.06 bits per heavy atom. The van der Waals surface area contributed by atoms with E-state index in [0.717, 1.165) is 18.8 Å². The Bertz CT molecular complexity index is 568. The standard InChI is InChI=1S/C13H12ClN3/c1-9-3-2-4-12-10(9)5-6-17(12)13-11(14)7-15-8-16-13/h2-4,7-8H,5-6H2,1H3. The van der Waals surface area contributed by atoms with Crippen molar-refractivity contribution in [3.05, 3.63) is 46.9 Å². The molecule has 0 atom stereocenters. The van der Waals surface area contributed by atoms with Crippen LogP contribution in [0.25, 0.3) is 0 Å². The molecule has 3 rings (SSSR count). The number of aromatic nitrogens is 2. The predicted octanol–water partition coefficient (Wildman–Crippen LogP) is 3.13. The van der Waals surface area contributed by atoms with Gasteiger partial charge in [0, 0.05) is 12.2 Å². The molecule has 86 valence electrons. The van der Waals surface area contributed by atoms with E-state index in [4.69, 9.17) is 11.6 Å². The van der Waals surface area contributed by atoms with E-state index >= 15 is 0 Å². The van der Waals surface area contributed by atoms with E-state index in [0.29, 0.717) is 5.02 Å². The molecule has 1 aliphatic heterocycles. The highest BCUT2D eigenvalue weighted by Gasteiger charge is 2.23. The van der Waals surface area contributed by atoms with Crippen LogP contribution in [0.1, 0.15) is 11.1 Å². The first-order valence-electron chi connectivity index (χ1n) is 5.59. The van der Waals surface area contributed by atoms with E-state index in [-0.39, 0.29) is 0 Å². The molecule has 17 heavy (non-hydrogen) atoms. The first-order chi connectivity index (χ1) is 8.27. The minimum atomic E-state index is 0.599. The molecule has 4 heteroatoms. The van der Waals surface area contributed by atoms with Crippen molar-refractivity contribution in [3.63, 3.8) is 0 Å². The Morgan fingerprint density at radius 2 is 2.24 bits per heavy atom. The van der Waals surface area contributed by atoms with Crippen LogP contribution in [0.3, 0.4) is 0 Å². The Kier molecular flexibility index (Phi) is 2.48. The number of hydrogen-bond acceptors (Lipinski definition) is 3. The number of benzene rings is 1. The summed E-state index contributed by atoms with van der Waals surface area (Å²) in [5, 5.41) is 0.599. The van der Waals surface area contributed by atoms with Gasteiger partial charge in [-0.15, -0.1) is 0 Å². The topological polar surface area (TPSA) is 29.0 Å². The Balaban J connectivity index is 2.11. The lowest BCUT2D eigenvalue weighted by atomic mass is 10.1. The van der Waals surface area contributed by atoms with E-state index in [9.17, 15) is 0 Å². The molecule has 0 saturated heterocycles. The second-order valence-corrected chi connectivity index (χ2v) is 4.58. The average Bonchev–Trinajstić information content (AvgIpc) is 2.75. The molecule has 1 aliphatic rings. The molecule has 0 bridgehead atoms. The summed E-state index contributed by atoms with van der Waals surface area (Å²) in [6, 6.07) is 6.33. The summed E-state index contributed by atoms with van der Waals surface area (Å²) >= 11 is 6.14. The van der Waals surface area contributed by atoms with E-state index < -0.39 is 0 Å². The number of rotatable bonds is 1. The van der Waals surface area contributed by atoms with Crippen LogP contribution in [0.2, 0.25) is 5.02 Å². The number of anilines is 2. The van der Waals surface area contributed by atoms with Crippen molar-refractivity contribution < 1.29 is 0 Å². The maximum Gasteiger partial charge on any atom is 0.155 e. The summed E-state index contributed by atoms with van der Waals surface area (Å²) in [7, 11) is 0. The minimum Gasteiger partial charge on any atom is -0.324 e. The monoisotopic (exact) mass is 245 g/mol. The molecular weight excluding hydrogens is 234 g/mol. The molecule has 2 aromatic rings. The molecule has 2 heterocycles. The first-order valence-corrected chi connectivity index (χ1v) is 5.96. The van der Waals surface area contributed by atoms with Crippen molar-refractivity contribution in [2.45, 2.75) is 13.3 Å². The third kappa shape index (κ3) is 1.67. The molecule has 1 aromatic heterocycles. The van der Waals surface area contributed by atoms with Crippen molar-refractivity contribution in [2.75, 3.05) is 11.4 Å². The summed E-state index contributed by atoms with van der Waals surface area (Å²) in [5.41, 5.74) is 3.93. The minimum absolute atomic E-state index is 0.599. The van der Waals surface area contributed by atoms with E-state index in [1.54, 1.807) is 6.20 Å². The third-order valence-corrected chi connectivity index (χ3v) is 3.43. The lowest BCUT2D eigenvalue weighted by Gasteiger charge is -2.19. The maximum absolute atomic E-state index is 6.14. The molecule has 0 spiro atoms. The zero-order valence-corrected chi connectivity index (χ0v) is 10.3. The van der Waals surface area contributed by atoms with Gasteiger partial charge in [0.15, 0.2) is 5.82 Å². The second kappa shape index (κ2) is 4.00. The van der Waals surface area contributed by atoms with Gasteiger partial charge < -0.3 is 4.90 Å². The fourth-order valence-electron chi connectivity index (χ4n) is 2.33. The zero-order chi connectivity index (χ0) is 11.8.